The molecule has 1 aromatic heterocycles. The van der Waals surface area contributed by atoms with Crippen LogP contribution in [0.25, 0.3) is 0 Å². The Labute approximate surface area is 117 Å². The summed E-state index contributed by atoms with van der Waals surface area (Å²) in [7, 11) is 0. The SMILES string of the molecule is Cc1cnc(CNc2ccc(C#N)c(C(F)(F)F)c2)s1. The third-order valence-corrected chi connectivity index (χ3v) is 3.47. The van der Waals surface area contributed by atoms with E-state index in [4.69, 9.17) is 5.26 Å². The van der Waals surface area contributed by atoms with E-state index in [0.717, 1.165) is 22.0 Å². The van der Waals surface area contributed by atoms with Crippen LogP contribution < -0.4 is 5.32 Å². The number of hydrogen-bond donors (Lipinski definition) is 1. The van der Waals surface area contributed by atoms with Crippen molar-refractivity contribution in [1.82, 2.24) is 4.98 Å². The van der Waals surface area contributed by atoms with Gasteiger partial charge in [0, 0.05) is 16.8 Å². The number of aryl methyl sites for hydroxylation is 1. The first-order valence-corrected chi connectivity index (χ1v) is 6.48. The average molecular weight is 297 g/mol. The highest BCUT2D eigenvalue weighted by Crippen LogP contribution is 2.33. The fraction of sp³-hybridized carbons (Fsp3) is 0.231. The van der Waals surface area contributed by atoms with Gasteiger partial charge in [0.1, 0.15) is 5.01 Å². The summed E-state index contributed by atoms with van der Waals surface area (Å²) in [5.41, 5.74) is -1.00. The van der Waals surface area contributed by atoms with Crippen LogP contribution in [0.4, 0.5) is 18.9 Å². The minimum Gasteiger partial charge on any atom is -0.379 e. The van der Waals surface area contributed by atoms with Crippen molar-refractivity contribution in [3.63, 3.8) is 0 Å². The molecule has 2 rings (SSSR count). The minimum atomic E-state index is -4.54. The lowest BCUT2D eigenvalue weighted by Gasteiger charge is -2.11. The Morgan fingerprint density at radius 2 is 2.15 bits per heavy atom. The number of alkyl halides is 3. The van der Waals surface area contributed by atoms with Crippen LogP contribution in [0.3, 0.4) is 0 Å². The van der Waals surface area contributed by atoms with E-state index in [2.05, 4.69) is 10.3 Å². The van der Waals surface area contributed by atoms with Crippen LogP contribution in [0, 0.1) is 18.3 Å². The molecule has 2 aromatic rings. The van der Waals surface area contributed by atoms with Crippen molar-refractivity contribution in [3.8, 4) is 6.07 Å². The van der Waals surface area contributed by atoms with Gasteiger partial charge in [-0.25, -0.2) is 4.98 Å². The molecule has 1 heterocycles. The fourth-order valence-corrected chi connectivity index (χ4v) is 2.37. The molecule has 104 valence electrons. The largest absolute Gasteiger partial charge is 0.417 e. The molecule has 0 bridgehead atoms. The van der Waals surface area contributed by atoms with Gasteiger partial charge in [0.2, 0.25) is 0 Å². The van der Waals surface area contributed by atoms with Crippen molar-refractivity contribution >= 4 is 17.0 Å². The topological polar surface area (TPSA) is 48.7 Å². The van der Waals surface area contributed by atoms with Crippen molar-refractivity contribution in [2.45, 2.75) is 19.6 Å². The number of halogens is 3. The predicted molar refractivity (Wildman–Crippen MR) is 70.3 cm³/mol. The summed E-state index contributed by atoms with van der Waals surface area (Å²) in [5, 5.41) is 12.4. The Balaban J connectivity index is 2.19. The van der Waals surface area contributed by atoms with Crippen molar-refractivity contribution in [1.29, 1.82) is 5.26 Å². The van der Waals surface area contributed by atoms with Gasteiger partial charge in [-0.15, -0.1) is 11.3 Å². The van der Waals surface area contributed by atoms with Crippen LogP contribution in [0.2, 0.25) is 0 Å². The van der Waals surface area contributed by atoms with Gasteiger partial charge in [0.25, 0.3) is 0 Å². The van der Waals surface area contributed by atoms with E-state index in [1.807, 2.05) is 6.92 Å². The van der Waals surface area contributed by atoms with Gasteiger partial charge in [0.15, 0.2) is 0 Å². The van der Waals surface area contributed by atoms with Gasteiger partial charge in [-0.1, -0.05) is 0 Å². The highest BCUT2D eigenvalue weighted by molar-refractivity contribution is 7.11. The third-order valence-electron chi connectivity index (χ3n) is 2.56. The molecule has 1 aromatic carbocycles. The van der Waals surface area contributed by atoms with Gasteiger partial charge in [0.05, 0.1) is 23.7 Å². The summed E-state index contributed by atoms with van der Waals surface area (Å²) < 4.78 is 38.4. The standard InChI is InChI=1S/C13H10F3N3S/c1-8-6-19-12(20-8)7-18-10-3-2-9(5-17)11(4-10)13(14,15)16/h2-4,6,18H,7H2,1H3. The summed E-state index contributed by atoms with van der Waals surface area (Å²) in [6.45, 7) is 2.26. The number of nitrogens with zero attached hydrogens (tertiary/aromatic N) is 2. The average Bonchev–Trinajstić information content (AvgIpc) is 2.81. The van der Waals surface area contributed by atoms with Gasteiger partial charge in [-0.3, -0.25) is 0 Å². The molecule has 0 saturated heterocycles. The van der Waals surface area contributed by atoms with Crippen molar-refractivity contribution in [3.05, 3.63) is 45.4 Å². The number of thiazole rings is 1. The molecule has 0 fully saturated rings. The van der Waals surface area contributed by atoms with Crippen molar-refractivity contribution < 1.29 is 13.2 Å². The van der Waals surface area contributed by atoms with E-state index in [0.29, 0.717) is 12.2 Å². The van der Waals surface area contributed by atoms with Crippen LogP contribution in [-0.4, -0.2) is 4.98 Å². The maximum atomic E-state index is 12.8. The Morgan fingerprint density at radius 3 is 2.70 bits per heavy atom. The second-order valence-corrected chi connectivity index (χ2v) is 5.41. The van der Waals surface area contributed by atoms with E-state index >= 15 is 0 Å². The van der Waals surface area contributed by atoms with Gasteiger partial charge < -0.3 is 5.32 Å². The maximum absolute atomic E-state index is 12.8. The second-order valence-electron chi connectivity index (χ2n) is 4.09. The van der Waals surface area contributed by atoms with Crippen molar-refractivity contribution in [2.75, 3.05) is 5.32 Å². The number of benzene rings is 1. The number of rotatable bonds is 3. The highest BCUT2D eigenvalue weighted by atomic mass is 32.1. The summed E-state index contributed by atoms with van der Waals surface area (Å²) in [4.78, 5) is 5.16. The lowest BCUT2D eigenvalue weighted by Crippen LogP contribution is -2.09. The number of nitrogens with one attached hydrogen (secondary N) is 1. The Hall–Kier alpha value is -2.07. The summed E-state index contributed by atoms with van der Waals surface area (Å²) in [6.07, 6.45) is -2.83. The molecule has 20 heavy (non-hydrogen) atoms. The highest BCUT2D eigenvalue weighted by Gasteiger charge is 2.33. The first kappa shape index (κ1) is 14.3. The van der Waals surface area contributed by atoms with Crippen LogP contribution in [0.5, 0.6) is 0 Å². The molecule has 0 spiro atoms. The first-order chi connectivity index (χ1) is 9.40. The van der Waals surface area contributed by atoms with Gasteiger partial charge in [-0.2, -0.15) is 18.4 Å². The second kappa shape index (κ2) is 5.51. The zero-order valence-corrected chi connectivity index (χ0v) is 11.3. The quantitative estimate of drug-likeness (QED) is 0.933. The van der Waals surface area contributed by atoms with E-state index in [1.54, 1.807) is 12.3 Å². The van der Waals surface area contributed by atoms with Crippen LogP contribution >= 0.6 is 11.3 Å². The lowest BCUT2D eigenvalue weighted by atomic mass is 10.1. The Kier molecular flexibility index (Phi) is 3.95. The van der Waals surface area contributed by atoms with E-state index < -0.39 is 11.7 Å². The van der Waals surface area contributed by atoms with Crippen LogP contribution in [0.1, 0.15) is 21.0 Å². The molecular weight excluding hydrogens is 287 g/mol. The number of nitriles is 1. The fourth-order valence-electron chi connectivity index (χ4n) is 1.65. The molecule has 0 aliphatic carbocycles. The Morgan fingerprint density at radius 1 is 1.40 bits per heavy atom. The van der Waals surface area contributed by atoms with E-state index in [1.165, 1.54) is 17.4 Å². The molecule has 0 amide bonds. The smallest absolute Gasteiger partial charge is 0.379 e. The number of anilines is 1. The third kappa shape index (κ3) is 3.27. The number of hydrogen-bond acceptors (Lipinski definition) is 4. The number of aromatic nitrogens is 1. The molecule has 3 nitrogen and oxygen atoms in total. The minimum absolute atomic E-state index is 0.309. The molecule has 0 aliphatic rings. The maximum Gasteiger partial charge on any atom is 0.417 e. The molecule has 0 saturated carbocycles. The molecule has 0 aliphatic heterocycles. The molecule has 7 heteroatoms. The molecule has 0 atom stereocenters. The zero-order chi connectivity index (χ0) is 14.8. The van der Waals surface area contributed by atoms with E-state index in [9.17, 15) is 13.2 Å². The monoisotopic (exact) mass is 297 g/mol. The van der Waals surface area contributed by atoms with Crippen LogP contribution in [0.15, 0.2) is 24.4 Å². The van der Waals surface area contributed by atoms with E-state index in [-0.39, 0.29) is 5.56 Å². The Bertz CT molecular complexity index is 656. The zero-order valence-electron chi connectivity index (χ0n) is 10.5. The normalized spacial score (nSPS) is 11.2. The summed E-state index contributed by atoms with van der Waals surface area (Å²) in [6, 6.07) is 5.11. The van der Waals surface area contributed by atoms with Gasteiger partial charge >= 0.3 is 6.18 Å². The summed E-state index contributed by atoms with van der Waals surface area (Å²) in [5.74, 6) is 0. The predicted octanol–water partition coefficient (Wildman–Crippen LogP) is 3.95. The molecule has 1 N–H and O–H groups in total. The summed E-state index contributed by atoms with van der Waals surface area (Å²) >= 11 is 1.48. The molecule has 0 unspecified atom stereocenters. The molecule has 0 radical (unpaired) electrons. The van der Waals surface area contributed by atoms with Crippen molar-refractivity contribution in [2.24, 2.45) is 0 Å². The molecular formula is C13H10F3N3S. The first-order valence-electron chi connectivity index (χ1n) is 5.66. The lowest BCUT2D eigenvalue weighted by molar-refractivity contribution is -0.137. The van der Waals surface area contributed by atoms with Gasteiger partial charge in [-0.05, 0) is 25.1 Å². The van der Waals surface area contributed by atoms with Crippen LogP contribution in [-0.2, 0) is 12.7 Å².